The Bertz CT molecular complexity index is 368. The second-order valence-corrected chi connectivity index (χ2v) is 3.77. The van der Waals surface area contributed by atoms with E-state index in [1.165, 1.54) is 12.1 Å². The highest BCUT2D eigenvalue weighted by Gasteiger charge is 2.02. The molecule has 18 heavy (non-hydrogen) atoms. The van der Waals surface area contributed by atoms with E-state index in [0.29, 0.717) is 37.9 Å². The van der Waals surface area contributed by atoms with Crippen molar-refractivity contribution < 1.29 is 13.6 Å². The summed E-state index contributed by atoms with van der Waals surface area (Å²) in [7, 11) is 0. The molecule has 0 bridgehead atoms. The Labute approximate surface area is 111 Å². The van der Waals surface area contributed by atoms with Crippen LogP contribution in [0, 0.1) is 11.6 Å². The van der Waals surface area contributed by atoms with Crippen LogP contribution in [-0.4, -0.2) is 19.0 Å². The van der Waals surface area contributed by atoms with Crippen LogP contribution in [0.25, 0.3) is 0 Å². The van der Waals surface area contributed by atoms with Crippen LogP contribution in [0.4, 0.5) is 8.78 Å². The molecule has 3 nitrogen and oxygen atoms in total. The van der Waals surface area contributed by atoms with Gasteiger partial charge in [0, 0.05) is 19.0 Å². The third kappa shape index (κ3) is 6.51. The predicted octanol–water partition coefficient (Wildman–Crippen LogP) is 1.78. The zero-order valence-electron chi connectivity index (χ0n) is 9.92. The molecule has 0 saturated heterocycles. The summed E-state index contributed by atoms with van der Waals surface area (Å²) >= 11 is 0. The van der Waals surface area contributed by atoms with Gasteiger partial charge in [0.05, 0.1) is 0 Å². The largest absolute Gasteiger partial charge is 0.356 e. The van der Waals surface area contributed by atoms with E-state index in [9.17, 15) is 13.6 Å². The number of nitrogens with two attached hydrogens (primary N) is 1. The number of nitrogens with one attached hydrogen (secondary N) is 1. The summed E-state index contributed by atoms with van der Waals surface area (Å²) in [6.45, 7) is 0.842. The molecule has 1 aromatic carbocycles. The molecule has 102 valence electrons. The van der Waals surface area contributed by atoms with Gasteiger partial charge in [0.1, 0.15) is 11.6 Å². The summed E-state index contributed by atoms with van der Waals surface area (Å²) in [5.41, 5.74) is 5.80. The van der Waals surface area contributed by atoms with Gasteiger partial charge in [0.15, 0.2) is 0 Å². The quantitative estimate of drug-likeness (QED) is 0.833. The Morgan fingerprint density at radius 2 is 1.83 bits per heavy atom. The molecule has 0 aliphatic rings. The first-order chi connectivity index (χ1) is 8.11. The molecule has 0 fully saturated rings. The van der Waals surface area contributed by atoms with Gasteiger partial charge in [-0.1, -0.05) is 0 Å². The zero-order valence-corrected chi connectivity index (χ0v) is 10.7. The van der Waals surface area contributed by atoms with Crippen LogP contribution in [0.5, 0.6) is 0 Å². The van der Waals surface area contributed by atoms with Crippen molar-refractivity contribution >= 4 is 18.3 Å². The normalized spacial score (nSPS) is 9.72. The van der Waals surface area contributed by atoms with E-state index in [2.05, 4.69) is 5.32 Å². The van der Waals surface area contributed by atoms with E-state index in [0.717, 1.165) is 6.07 Å². The molecule has 0 atom stereocenters. The lowest BCUT2D eigenvalue weighted by atomic mass is 10.1. The summed E-state index contributed by atoms with van der Waals surface area (Å²) in [6, 6.07) is 3.34. The summed E-state index contributed by atoms with van der Waals surface area (Å²) in [4.78, 5) is 11.2. The van der Waals surface area contributed by atoms with Crippen LogP contribution in [-0.2, 0) is 11.2 Å². The number of amides is 1. The molecule has 0 radical (unpaired) electrons. The molecule has 0 heterocycles. The monoisotopic (exact) mass is 278 g/mol. The maximum Gasteiger partial charge on any atom is 0.220 e. The van der Waals surface area contributed by atoms with E-state index in [1.54, 1.807) is 0 Å². The van der Waals surface area contributed by atoms with Crippen LogP contribution in [0.3, 0.4) is 0 Å². The number of carbonyl (C=O) groups excluding carboxylic acids is 1. The molecule has 0 aliphatic heterocycles. The third-order valence-corrected chi connectivity index (χ3v) is 2.27. The maximum atomic E-state index is 12.8. The van der Waals surface area contributed by atoms with Gasteiger partial charge in [0.25, 0.3) is 0 Å². The van der Waals surface area contributed by atoms with Gasteiger partial charge < -0.3 is 11.1 Å². The van der Waals surface area contributed by atoms with Crippen LogP contribution in [0.2, 0.25) is 0 Å². The first-order valence-electron chi connectivity index (χ1n) is 5.53. The van der Waals surface area contributed by atoms with E-state index in [1.807, 2.05) is 0 Å². The van der Waals surface area contributed by atoms with Crippen LogP contribution in [0.15, 0.2) is 18.2 Å². The lowest BCUT2D eigenvalue weighted by Gasteiger charge is -2.05. The zero-order chi connectivity index (χ0) is 12.7. The second-order valence-electron chi connectivity index (χ2n) is 3.77. The molecule has 1 aromatic rings. The van der Waals surface area contributed by atoms with E-state index >= 15 is 0 Å². The lowest BCUT2D eigenvalue weighted by molar-refractivity contribution is -0.121. The molecule has 0 spiro atoms. The molecular weight excluding hydrogens is 262 g/mol. The standard InChI is InChI=1S/C12H16F2N2O.ClH/c13-10-6-9(7-11(14)8-10)3-5-16-12(17)2-1-4-15;/h6-8H,1-5,15H2,(H,16,17);1H. The van der Waals surface area contributed by atoms with Crippen molar-refractivity contribution in [3.8, 4) is 0 Å². The number of rotatable bonds is 6. The van der Waals surface area contributed by atoms with Crippen molar-refractivity contribution in [1.29, 1.82) is 0 Å². The fourth-order valence-electron chi connectivity index (χ4n) is 1.45. The summed E-state index contributed by atoms with van der Waals surface area (Å²) in [5.74, 6) is -1.30. The van der Waals surface area contributed by atoms with Gasteiger partial charge in [-0.2, -0.15) is 0 Å². The van der Waals surface area contributed by atoms with Gasteiger partial charge in [0.2, 0.25) is 5.91 Å². The Balaban J connectivity index is 0.00000289. The molecule has 0 aliphatic carbocycles. The Kier molecular flexibility index (Phi) is 8.24. The van der Waals surface area contributed by atoms with Gasteiger partial charge in [-0.25, -0.2) is 8.78 Å². The lowest BCUT2D eigenvalue weighted by Crippen LogP contribution is -2.26. The number of hydrogen-bond acceptors (Lipinski definition) is 2. The maximum absolute atomic E-state index is 12.8. The first kappa shape index (κ1) is 16.8. The smallest absolute Gasteiger partial charge is 0.220 e. The highest BCUT2D eigenvalue weighted by Crippen LogP contribution is 2.08. The van der Waals surface area contributed by atoms with Crippen LogP contribution in [0.1, 0.15) is 18.4 Å². The number of carbonyl (C=O) groups is 1. The first-order valence-corrected chi connectivity index (χ1v) is 5.53. The van der Waals surface area contributed by atoms with Crippen molar-refractivity contribution in [3.63, 3.8) is 0 Å². The highest BCUT2D eigenvalue weighted by atomic mass is 35.5. The van der Waals surface area contributed by atoms with Gasteiger partial charge in [-0.3, -0.25) is 4.79 Å². The minimum atomic E-state index is -0.602. The second kappa shape index (κ2) is 8.83. The van der Waals surface area contributed by atoms with Crippen molar-refractivity contribution in [1.82, 2.24) is 5.32 Å². The van der Waals surface area contributed by atoms with Gasteiger partial charge >= 0.3 is 0 Å². The predicted molar refractivity (Wildman–Crippen MR) is 68.6 cm³/mol. The average molecular weight is 279 g/mol. The Morgan fingerprint density at radius 1 is 1.22 bits per heavy atom. The topological polar surface area (TPSA) is 55.1 Å². The molecule has 0 unspecified atom stereocenters. The minimum absolute atomic E-state index is 0. The van der Waals surface area contributed by atoms with Crippen LogP contribution >= 0.6 is 12.4 Å². The SMILES string of the molecule is Cl.NCCCC(=O)NCCc1cc(F)cc(F)c1. The van der Waals surface area contributed by atoms with E-state index < -0.39 is 11.6 Å². The fourth-order valence-corrected chi connectivity index (χ4v) is 1.45. The van der Waals surface area contributed by atoms with Crippen molar-refractivity contribution in [2.75, 3.05) is 13.1 Å². The minimum Gasteiger partial charge on any atom is -0.356 e. The molecule has 0 aromatic heterocycles. The molecule has 1 amide bonds. The summed E-state index contributed by atoms with van der Waals surface area (Å²) in [6.07, 6.45) is 1.43. The number of halogens is 3. The highest BCUT2D eigenvalue weighted by molar-refractivity contribution is 5.85. The molecule has 3 N–H and O–H groups in total. The van der Waals surface area contributed by atoms with E-state index in [4.69, 9.17) is 5.73 Å². The Morgan fingerprint density at radius 3 is 2.39 bits per heavy atom. The van der Waals surface area contributed by atoms with Crippen LogP contribution < -0.4 is 11.1 Å². The number of hydrogen-bond donors (Lipinski definition) is 2. The summed E-state index contributed by atoms with van der Waals surface area (Å²) in [5, 5.41) is 2.67. The third-order valence-electron chi connectivity index (χ3n) is 2.27. The van der Waals surface area contributed by atoms with Gasteiger partial charge in [-0.15, -0.1) is 12.4 Å². The molecular formula is C12H17ClF2N2O. The van der Waals surface area contributed by atoms with Crippen molar-refractivity contribution in [2.45, 2.75) is 19.3 Å². The molecule has 6 heteroatoms. The molecule has 0 saturated carbocycles. The van der Waals surface area contributed by atoms with Crippen molar-refractivity contribution in [3.05, 3.63) is 35.4 Å². The molecule has 1 rings (SSSR count). The van der Waals surface area contributed by atoms with E-state index in [-0.39, 0.29) is 18.3 Å². The van der Waals surface area contributed by atoms with Crippen molar-refractivity contribution in [2.24, 2.45) is 5.73 Å². The van der Waals surface area contributed by atoms with Gasteiger partial charge in [-0.05, 0) is 37.1 Å². The average Bonchev–Trinajstić information content (AvgIpc) is 2.25. The summed E-state index contributed by atoms with van der Waals surface area (Å²) < 4.78 is 25.7. The fraction of sp³-hybridized carbons (Fsp3) is 0.417. The Hall–Kier alpha value is -1.20. The number of benzene rings is 1.